The van der Waals surface area contributed by atoms with E-state index in [2.05, 4.69) is 11.8 Å². The van der Waals surface area contributed by atoms with Gasteiger partial charge >= 0.3 is 5.97 Å². The van der Waals surface area contributed by atoms with Gasteiger partial charge < -0.3 is 9.47 Å². The number of carbonyl (C=O) groups is 1. The van der Waals surface area contributed by atoms with E-state index < -0.39 is 5.97 Å². The molecule has 0 aromatic heterocycles. The molecule has 0 spiro atoms. The number of methoxy groups -OCH3 is 1. The molecule has 0 radical (unpaired) electrons. The second-order valence-electron chi connectivity index (χ2n) is 4.86. The minimum absolute atomic E-state index is 0.0810. The third-order valence-corrected chi connectivity index (χ3v) is 2.04. The second-order valence-corrected chi connectivity index (χ2v) is 4.86. The zero-order valence-corrected chi connectivity index (χ0v) is 11.2. The van der Waals surface area contributed by atoms with Crippen LogP contribution in [0.25, 0.3) is 0 Å². The van der Waals surface area contributed by atoms with Crippen LogP contribution in [0.1, 0.15) is 31.1 Å². The van der Waals surface area contributed by atoms with Crippen LogP contribution in [0.15, 0.2) is 24.3 Å². The highest BCUT2D eigenvalue weighted by Crippen LogP contribution is 2.13. The van der Waals surface area contributed by atoms with Gasteiger partial charge in [-0.3, -0.25) is 0 Å². The standard InChI is InChI=1S/C15H18O3/c1-15(2,3)9-6-10-18-14(16)12-7-5-8-13(11-12)17-4/h5,7-8,11H,10H2,1-4H3. The number of hydrogen-bond acceptors (Lipinski definition) is 3. The van der Waals surface area contributed by atoms with E-state index in [1.54, 1.807) is 31.4 Å². The Balaban J connectivity index is 2.57. The molecule has 96 valence electrons. The van der Waals surface area contributed by atoms with Crippen molar-refractivity contribution < 1.29 is 14.3 Å². The van der Waals surface area contributed by atoms with Gasteiger partial charge in [0.25, 0.3) is 0 Å². The zero-order chi connectivity index (χ0) is 13.6. The van der Waals surface area contributed by atoms with Gasteiger partial charge in [-0.2, -0.15) is 0 Å². The predicted octanol–water partition coefficient (Wildman–Crippen LogP) is 2.90. The SMILES string of the molecule is COc1cccc(C(=O)OCC#CC(C)(C)C)c1. The monoisotopic (exact) mass is 246 g/mol. The molecule has 1 rings (SSSR count). The number of carbonyl (C=O) groups excluding carboxylic acids is 1. The molecule has 0 saturated carbocycles. The van der Waals surface area contributed by atoms with Crippen molar-refractivity contribution in [2.45, 2.75) is 20.8 Å². The normalized spacial score (nSPS) is 10.2. The van der Waals surface area contributed by atoms with Crippen LogP contribution in [0.2, 0.25) is 0 Å². The van der Waals surface area contributed by atoms with E-state index in [0.717, 1.165) is 0 Å². The Morgan fingerprint density at radius 3 is 2.67 bits per heavy atom. The van der Waals surface area contributed by atoms with Gasteiger partial charge in [-0.15, -0.1) is 0 Å². The molecule has 0 aliphatic carbocycles. The van der Waals surface area contributed by atoms with E-state index in [4.69, 9.17) is 9.47 Å². The van der Waals surface area contributed by atoms with Gasteiger partial charge in [0.05, 0.1) is 12.7 Å². The van der Waals surface area contributed by atoms with Gasteiger partial charge in [-0.05, 0) is 39.0 Å². The van der Waals surface area contributed by atoms with Gasteiger partial charge in [-0.1, -0.05) is 17.9 Å². The third kappa shape index (κ3) is 4.92. The van der Waals surface area contributed by atoms with E-state index in [1.165, 1.54) is 0 Å². The fourth-order valence-electron chi connectivity index (χ4n) is 1.24. The van der Waals surface area contributed by atoms with Crippen molar-refractivity contribution in [3.63, 3.8) is 0 Å². The van der Waals surface area contributed by atoms with Crippen LogP contribution >= 0.6 is 0 Å². The molecule has 0 unspecified atom stereocenters. The first-order chi connectivity index (χ1) is 8.42. The minimum Gasteiger partial charge on any atom is -0.497 e. The first-order valence-electron chi connectivity index (χ1n) is 5.73. The van der Waals surface area contributed by atoms with Crippen molar-refractivity contribution >= 4 is 5.97 Å². The molecule has 0 fully saturated rings. The minimum atomic E-state index is -0.392. The molecule has 0 atom stereocenters. The quantitative estimate of drug-likeness (QED) is 0.607. The van der Waals surface area contributed by atoms with Crippen LogP contribution in [0.4, 0.5) is 0 Å². The Bertz CT molecular complexity index is 472. The summed E-state index contributed by atoms with van der Waals surface area (Å²) < 4.78 is 10.1. The molecule has 3 heteroatoms. The summed E-state index contributed by atoms with van der Waals surface area (Å²) in [5.41, 5.74) is 0.384. The molecule has 0 amide bonds. The highest BCUT2D eigenvalue weighted by molar-refractivity contribution is 5.89. The summed E-state index contributed by atoms with van der Waals surface area (Å²) in [6.07, 6.45) is 0. The van der Waals surface area contributed by atoms with Crippen LogP contribution in [0.3, 0.4) is 0 Å². The summed E-state index contributed by atoms with van der Waals surface area (Å²) >= 11 is 0. The van der Waals surface area contributed by atoms with Crippen LogP contribution in [0.5, 0.6) is 5.75 Å². The van der Waals surface area contributed by atoms with Crippen molar-refractivity contribution in [1.29, 1.82) is 0 Å². The number of hydrogen-bond donors (Lipinski definition) is 0. The van der Waals surface area contributed by atoms with Crippen molar-refractivity contribution in [1.82, 2.24) is 0 Å². The smallest absolute Gasteiger partial charge is 0.339 e. The topological polar surface area (TPSA) is 35.5 Å². The molecule has 1 aromatic carbocycles. The van der Waals surface area contributed by atoms with Gasteiger partial charge in [0.1, 0.15) is 5.75 Å². The molecule has 1 aromatic rings. The molecule has 18 heavy (non-hydrogen) atoms. The molecular formula is C15H18O3. The second kappa shape index (κ2) is 6.11. The van der Waals surface area contributed by atoms with Crippen molar-refractivity contribution in [3.05, 3.63) is 29.8 Å². The lowest BCUT2D eigenvalue weighted by Gasteiger charge is -2.07. The van der Waals surface area contributed by atoms with Crippen LogP contribution in [-0.2, 0) is 4.74 Å². The fourth-order valence-corrected chi connectivity index (χ4v) is 1.24. The Kier molecular flexibility index (Phi) is 4.79. The zero-order valence-electron chi connectivity index (χ0n) is 11.2. The number of ether oxygens (including phenoxy) is 2. The lowest BCUT2D eigenvalue weighted by Crippen LogP contribution is -2.06. The maximum atomic E-state index is 11.7. The van der Waals surface area contributed by atoms with E-state index in [1.807, 2.05) is 20.8 Å². The summed E-state index contributed by atoms with van der Waals surface area (Å²) in [6.45, 7) is 6.12. The Labute approximate surface area is 108 Å². The maximum absolute atomic E-state index is 11.7. The lowest BCUT2D eigenvalue weighted by molar-refractivity contribution is 0.0556. The molecule has 0 heterocycles. The van der Waals surface area contributed by atoms with Gasteiger partial charge in [0.2, 0.25) is 0 Å². The molecule has 0 N–H and O–H groups in total. The Morgan fingerprint density at radius 1 is 1.33 bits per heavy atom. The highest BCUT2D eigenvalue weighted by atomic mass is 16.5. The molecule has 0 aliphatic rings. The van der Waals surface area contributed by atoms with Crippen LogP contribution < -0.4 is 4.74 Å². The third-order valence-electron chi connectivity index (χ3n) is 2.04. The molecular weight excluding hydrogens is 228 g/mol. The number of rotatable bonds is 3. The van der Waals surface area contributed by atoms with Crippen molar-refractivity contribution in [2.24, 2.45) is 5.41 Å². The summed E-state index contributed by atoms with van der Waals surface area (Å²) in [5.74, 6) is 6.07. The summed E-state index contributed by atoms with van der Waals surface area (Å²) in [6, 6.07) is 6.84. The van der Waals surface area contributed by atoms with Gasteiger partial charge in [-0.25, -0.2) is 4.79 Å². The van der Waals surface area contributed by atoms with Crippen molar-refractivity contribution in [3.8, 4) is 17.6 Å². The largest absolute Gasteiger partial charge is 0.497 e. The van der Waals surface area contributed by atoms with Gasteiger partial charge in [0.15, 0.2) is 6.61 Å². The highest BCUT2D eigenvalue weighted by Gasteiger charge is 2.07. The van der Waals surface area contributed by atoms with Crippen LogP contribution in [0, 0.1) is 17.3 Å². The lowest BCUT2D eigenvalue weighted by atomic mass is 9.98. The summed E-state index contributed by atoms with van der Waals surface area (Å²) in [5, 5.41) is 0. The number of esters is 1. The molecule has 3 nitrogen and oxygen atoms in total. The van der Waals surface area contributed by atoms with Crippen molar-refractivity contribution in [2.75, 3.05) is 13.7 Å². The summed E-state index contributed by atoms with van der Waals surface area (Å²) in [4.78, 5) is 11.7. The Morgan fingerprint density at radius 2 is 2.06 bits per heavy atom. The average Bonchev–Trinajstić information content (AvgIpc) is 2.33. The van der Waals surface area contributed by atoms with E-state index >= 15 is 0 Å². The van der Waals surface area contributed by atoms with E-state index in [0.29, 0.717) is 11.3 Å². The van der Waals surface area contributed by atoms with E-state index in [-0.39, 0.29) is 12.0 Å². The van der Waals surface area contributed by atoms with Gasteiger partial charge in [0, 0.05) is 5.41 Å². The van der Waals surface area contributed by atoms with E-state index in [9.17, 15) is 4.79 Å². The maximum Gasteiger partial charge on any atom is 0.339 e. The fraction of sp³-hybridized carbons (Fsp3) is 0.400. The molecule has 0 aliphatic heterocycles. The first kappa shape index (κ1) is 14.1. The summed E-state index contributed by atoms with van der Waals surface area (Å²) in [7, 11) is 1.55. The average molecular weight is 246 g/mol. The predicted molar refractivity (Wildman–Crippen MR) is 70.5 cm³/mol. The first-order valence-corrected chi connectivity index (χ1v) is 5.73. The Hall–Kier alpha value is -1.95. The molecule has 0 bridgehead atoms. The van der Waals surface area contributed by atoms with Crippen LogP contribution in [-0.4, -0.2) is 19.7 Å². The molecule has 0 saturated heterocycles. The number of benzene rings is 1.